The van der Waals surface area contributed by atoms with E-state index >= 15 is 0 Å². The van der Waals surface area contributed by atoms with Crippen LogP contribution in [-0.4, -0.2) is 35.0 Å². The number of aliphatic carboxylic acids is 1. The van der Waals surface area contributed by atoms with E-state index < -0.39 is 29.2 Å². The largest absolute Gasteiger partial charge is 0.480 e. The Morgan fingerprint density at radius 2 is 1.88 bits per heavy atom. The minimum atomic E-state index is -1.25. The van der Waals surface area contributed by atoms with Gasteiger partial charge in [0, 0.05) is 13.0 Å². The first-order valence-corrected chi connectivity index (χ1v) is 8.53. The van der Waals surface area contributed by atoms with Crippen molar-refractivity contribution in [2.75, 3.05) is 11.4 Å². The molecule has 0 bridgehead atoms. The molecule has 0 unspecified atom stereocenters. The van der Waals surface area contributed by atoms with E-state index in [1.54, 1.807) is 6.07 Å². The van der Waals surface area contributed by atoms with Gasteiger partial charge < -0.3 is 15.3 Å². The van der Waals surface area contributed by atoms with Gasteiger partial charge in [-0.3, -0.25) is 9.59 Å². The summed E-state index contributed by atoms with van der Waals surface area (Å²) in [5.74, 6) is -3.01. The predicted molar refractivity (Wildman–Crippen MR) is 88.5 cm³/mol. The van der Waals surface area contributed by atoms with Crippen LogP contribution in [0.5, 0.6) is 0 Å². The lowest BCUT2D eigenvalue weighted by Crippen LogP contribution is -2.57. The third-order valence-corrected chi connectivity index (χ3v) is 5.12. The standard InChI is InChI=1S/C18H21FN2O4/c19-13-6-2-3-7-14(13)21-11-12(10-15(21)22)16(23)20-18(17(24)25)8-4-1-5-9-18/h2-3,6-7,12H,1,4-5,8-11H2,(H,20,23)(H,24,25)/t12-/m0/s1. The lowest BCUT2D eigenvalue weighted by atomic mass is 9.81. The van der Waals surface area contributed by atoms with E-state index in [0.717, 1.165) is 19.3 Å². The third-order valence-electron chi connectivity index (χ3n) is 5.12. The van der Waals surface area contributed by atoms with Gasteiger partial charge in [-0.25, -0.2) is 9.18 Å². The monoisotopic (exact) mass is 348 g/mol. The van der Waals surface area contributed by atoms with Gasteiger partial charge in [-0.15, -0.1) is 0 Å². The highest BCUT2D eigenvalue weighted by Crippen LogP contribution is 2.31. The zero-order valence-corrected chi connectivity index (χ0v) is 13.8. The topological polar surface area (TPSA) is 86.7 Å². The van der Waals surface area contributed by atoms with Crippen molar-refractivity contribution in [1.29, 1.82) is 0 Å². The molecule has 1 atom stereocenters. The number of carbonyl (C=O) groups excluding carboxylic acids is 2. The number of benzene rings is 1. The summed E-state index contributed by atoms with van der Waals surface area (Å²) < 4.78 is 13.9. The van der Waals surface area contributed by atoms with Crippen molar-refractivity contribution in [2.45, 2.75) is 44.1 Å². The van der Waals surface area contributed by atoms with E-state index in [1.807, 2.05) is 0 Å². The molecule has 1 heterocycles. The van der Waals surface area contributed by atoms with Crippen LogP contribution in [0.1, 0.15) is 38.5 Å². The van der Waals surface area contributed by atoms with Gasteiger partial charge >= 0.3 is 5.97 Å². The molecule has 134 valence electrons. The average Bonchev–Trinajstić information content (AvgIpc) is 2.98. The van der Waals surface area contributed by atoms with Gasteiger partial charge in [-0.1, -0.05) is 31.4 Å². The molecule has 2 amide bonds. The minimum absolute atomic E-state index is 0.0458. The van der Waals surface area contributed by atoms with E-state index in [-0.39, 0.29) is 24.6 Å². The maximum Gasteiger partial charge on any atom is 0.329 e. The molecule has 2 aliphatic rings. The van der Waals surface area contributed by atoms with Crippen LogP contribution in [0.3, 0.4) is 0 Å². The van der Waals surface area contributed by atoms with Crippen molar-refractivity contribution in [2.24, 2.45) is 5.92 Å². The maximum atomic E-state index is 13.9. The van der Waals surface area contributed by atoms with Gasteiger partial charge in [0.05, 0.1) is 11.6 Å². The lowest BCUT2D eigenvalue weighted by molar-refractivity contribution is -0.149. The number of hydrogen-bond donors (Lipinski definition) is 2. The Bertz CT molecular complexity index is 700. The predicted octanol–water partition coefficient (Wildman–Crippen LogP) is 2.08. The molecule has 0 aromatic heterocycles. The highest BCUT2D eigenvalue weighted by molar-refractivity contribution is 6.01. The molecule has 1 aliphatic heterocycles. The highest BCUT2D eigenvalue weighted by Gasteiger charge is 2.44. The van der Waals surface area contributed by atoms with Gasteiger partial charge in [-0.2, -0.15) is 0 Å². The maximum absolute atomic E-state index is 13.9. The second-order valence-corrected chi connectivity index (χ2v) is 6.79. The second-order valence-electron chi connectivity index (χ2n) is 6.79. The molecule has 2 fully saturated rings. The summed E-state index contributed by atoms with van der Waals surface area (Å²) in [4.78, 5) is 37.7. The highest BCUT2D eigenvalue weighted by atomic mass is 19.1. The number of nitrogens with zero attached hydrogens (tertiary/aromatic N) is 1. The molecule has 0 radical (unpaired) electrons. The molecule has 1 saturated heterocycles. The Kier molecular flexibility index (Phi) is 4.74. The Labute approximate surface area is 145 Å². The number of rotatable bonds is 4. The number of carbonyl (C=O) groups is 3. The van der Waals surface area contributed by atoms with Crippen LogP contribution >= 0.6 is 0 Å². The summed E-state index contributed by atoms with van der Waals surface area (Å²) in [7, 11) is 0. The number of nitrogens with one attached hydrogen (secondary N) is 1. The van der Waals surface area contributed by atoms with Crippen LogP contribution in [0, 0.1) is 11.7 Å². The molecule has 7 heteroatoms. The van der Waals surface area contributed by atoms with Gasteiger partial charge in [0.25, 0.3) is 0 Å². The SMILES string of the molecule is O=C(NC1(C(=O)O)CCCCC1)[C@H]1CC(=O)N(c2ccccc2F)C1. The molecule has 1 aromatic rings. The van der Waals surface area contributed by atoms with Crippen LogP contribution in [-0.2, 0) is 14.4 Å². The third kappa shape index (κ3) is 3.36. The van der Waals surface area contributed by atoms with E-state index in [1.165, 1.54) is 23.1 Å². The molecule has 25 heavy (non-hydrogen) atoms. The Morgan fingerprint density at radius 3 is 2.52 bits per heavy atom. The molecule has 2 N–H and O–H groups in total. The Hall–Kier alpha value is -2.44. The van der Waals surface area contributed by atoms with Gasteiger partial charge in [0.1, 0.15) is 11.4 Å². The van der Waals surface area contributed by atoms with Crippen molar-refractivity contribution in [1.82, 2.24) is 5.32 Å². The average molecular weight is 348 g/mol. The molecule has 1 saturated carbocycles. The Morgan fingerprint density at radius 1 is 1.20 bits per heavy atom. The number of hydrogen-bond acceptors (Lipinski definition) is 3. The number of carboxylic acids is 1. The molecule has 3 rings (SSSR count). The fourth-order valence-electron chi connectivity index (χ4n) is 3.67. The van der Waals surface area contributed by atoms with E-state index in [4.69, 9.17) is 0 Å². The number of anilines is 1. The first-order chi connectivity index (χ1) is 11.9. The van der Waals surface area contributed by atoms with Crippen molar-refractivity contribution in [3.63, 3.8) is 0 Å². The summed E-state index contributed by atoms with van der Waals surface area (Å²) in [6, 6.07) is 5.91. The van der Waals surface area contributed by atoms with Gasteiger partial charge in [0.2, 0.25) is 11.8 Å². The van der Waals surface area contributed by atoms with Crippen LogP contribution in [0.4, 0.5) is 10.1 Å². The van der Waals surface area contributed by atoms with Crippen molar-refractivity contribution >= 4 is 23.5 Å². The van der Waals surface area contributed by atoms with E-state index in [2.05, 4.69) is 5.32 Å². The van der Waals surface area contributed by atoms with Crippen molar-refractivity contribution in [3.8, 4) is 0 Å². The summed E-state index contributed by atoms with van der Waals surface area (Å²) in [6.45, 7) is 0.0568. The van der Waals surface area contributed by atoms with Gasteiger partial charge in [-0.05, 0) is 25.0 Å². The summed E-state index contributed by atoms with van der Waals surface area (Å²) in [6.07, 6.45) is 3.19. The van der Waals surface area contributed by atoms with Crippen LogP contribution in [0.2, 0.25) is 0 Å². The summed E-state index contributed by atoms with van der Waals surface area (Å²) >= 11 is 0. The molecule has 1 aliphatic carbocycles. The number of para-hydroxylation sites is 1. The molecule has 6 nitrogen and oxygen atoms in total. The fourth-order valence-corrected chi connectivity index (χ4v) is 3.67. The molecule has 0 spiro atoms. The van der Waals surface area contributed by atoms with Crippen LogP contribution < -0.4 is 10.2 Å². The number of halogens is 1. The normalized spacial score (nSPS) is 22.7. The van der Waals surface area contributed by atoms with Crippen LogP contribution in [0.25, 0.3) is 0 Å². The van der Waals surface area contributed by atoms with E-state index in [0.29, 0.717) is 12.8 Å². The number of amides is 2. The Balaban J connectivity index is 1.72. The minimum Gasteiger partial charge on any atom is -0.480 e. The lowest BCUT2D eigenvalue weighted by Gasteiger charge is -2.34. The smallest absolute Gasteiger partial charge is 0.329 e. The quantitative estimate of drug-likeness (QED) is 0.872. The molecular formula is C18H21FN2O4. The summed E-state index contributed by atoms with van der Waals surface area (Å²) in [5, 5.41) is 12.2. The van der Waals surface area contributed by atoms with E-state index in [9.17, 15) is 23.9 Å². The van der Waals surface area contributed by atoms with Gasteiger partial charge in [0.15, 0.2) is 0 Å². The molecule has 1 aromatic carbocycles. The first kappa shape index (κ1) is 17.4. The second kappa shape index (κ2) is 6.82. The molecular weight excluding hydrogens is 327 g/mol. The van der Waals surface area contributed by atoms with Crippen molar-refractivity contribution in [3.05, 3.63) is 30.1 Å². The zero-order chi connectivity index (χ0) is 18.0. The number of carboxylic acid groups (broad SMARTS) is 1. The first-order valence-electron chi connectivity index (χ1n) is 8.53. The van der Waals surface area contributed by atoms with Crippen molar-refractivity contribution < 1.29 is 23.9 Å². The zero-order valence-electron chi connectivity index (χ0n) is 13.8. The fraction of sp³-hybridized carbons (Fsp3) is 0.500. The van der Waals surface area contributed by atoms with Crippen LogP contribution in [0.15, 0.2) is 24.3 Å². The summed E-state index contributed by atoms with van der Waals surface area (Å²) in [5.41, 5.74) is -1.10.